The Bertz CT molecular complexity index is 772. The second-order valence-electron chi connectivity index (χ2n) is 6.24. The number of nitrogens with zero attached hydrogens (tertiary/aromatic N) is 3. The summed E-state index contributed by atoms with van der Waals surface area (Å²) < 4.78 is 10.8. The fourth-order valence-electron chi connectivity index (χ4n) is 3.10. The van der Waals surface area contributed by atoms with Gasteiger partial charge in [0.15, 0.2) is 11.7 Å². The number of aliphatic imine (C=N–C) groups is 1. The molecule has 7 nitrogen and oxygen atoms in total. The van der Waals surface area contributed by atoms with Gasteiger partial charge in [-0.3, -0.25) is 9.79 Å². The van der Waals surface area contributed by atoms with Gasteiger partial charge in [-0.1, -0.05) is 12.1 Å². The summed E-state index contributed by atoms with van der Waals surface area (Å²) in [6.45, 7) is 6.03. The quantitative estimate of drug-likeness (QED) is 0.390. The molecule has 1 aromatic heterocycles. The van der Waals surface area contributed by atoms with Crippen LogP contribution in [0, 0.1) is 0 Å². The van der Waals surface area contributed by atoms with Crippen LogP contribution >= 0.6 is 24.0 Å². The summed E-state index contributed by atoms with van der Waals surface area (Å²) in [6.07, 6.45) is 1.52. The maximum Gasteiger partial charge on any atom is 0.289 e. The zero-order valence-electron chi connectivity index (χ0n) is 16.3. The van der Waals surface area contributed by atoms with Crippen molar-refractivity contribution in [3.05, 3.63) is 54.0 Å². The lowest BCUT2D eigenvalue weighted by Crippen LogP contribution is -2.53. The number of carbonyl (C=O) groups is 1. The molecule has 1 fully saturated rings. The van der Waals surface area contributed by atoms with E-state index >= 15 is 0 Å². The first-order valence-electron chi connectivity index (χ1n) is 9.21. The van der Waals surface area contributed by atoms with Crippen LogP contribution in [0.2, 0.25) is 0 Å². The van der Waals surface area contributed by atoms with Crippen molar-refractivity contribution in [2.75, 3.05) is 39.8 Å². The number of benzene rings is 1. The number of furan rings is 1. The Morgan fingerprint density at radius 2 is 1.93 bits per heavy atom. The Hall–Kier alpha value is -2.23. The van der Waals surface area contributed by atoms with Crippen molar-refractivity contribution in [2.24, 2.45) is 4.99 Å². The lowest BCUT2D eigenvalue weighted by Gasteiger charge is -2.36. The number of nitrogens with one attached hydrogen (secondary N) is 1. The molecule has 0 atom stereocenters. The van der Waals surface area contributed by atoms with Gasteiger partial charge in [0.05, 0.1) is 12.9 Å². The standard InChI is InChI=1S/C20H26N4O3.HI/c1-3-26-17-7-4-6-16(14-17)15-22-20(21-2)24-11-9-23(10-12-24)19(25)18-8-5-13-27-18;/h4-8,13-14H,3,9-12,15H2,1-2H3,(H,21,22);1H. The molecule has 1 N–H and O–H groups in total. The van der Waals surface area contributed by atoms with Crippen LogP contribution in [0.4, 0.5) is 0 Å². The lowest BCUT2D eigenvalue weighted by molar-refractivity contribution is 0.0657. The molecule has 1 aliphatic heterocycles. The molecule has 0 radical (unpaired) electrons. The van der Waals surface area contributed by atoms with Gasteiger partial charge in [0.25, 0.3) is 5.91 Å². The van der Waals surface area contributed by atoms with Crippen LogP contribution in [-0.4, -0.2) is 61.5 Å². The van der Waals surface area contributed by atoms with E-state index in [4.69, 9.17) is 9.15 Å². The molecule has 0 aliphatic carbocycles. The monoisotopic (exact) mass is 498 g/mol. The summed E-state index contributed by atoms with van der Waals surface area (Å²) in [5, 5.41) is 3.39. The van der Waals surface area contributed by atoms with E-state index in [-0.39, 0.29) is 29.9 Å². The molecule has 28 heavy (non-hydrogen) atoms. The van der Waals surface area contributed by atoms with E-state index in [0.717, 1.165) is 30.4 Å². The molecular formula is C20H27IN4O3. The third kappa shape index (κ3) is 5.63. The summed E-state index contributed by atoms with van der Waals surface area (Å²) in [5.74, 6) is 2.04. The van der Waals surface area contributed by atoms with Gasteiger partial charge in [0, 0.05) is 39.8 Å². The molecular weight excluding hydrogens is 471 g/mol. The van der Waals surface area contributed by atoms with Crippen LogP contribution in [0.15, 0.2) is 52.1 Å². The summed E-state index contributed by atoms with van der Waals surface area (Å²) in [7, 11) is 1.78. The second kappa shape index (κ2) is 10.9. The van der Waals surface area contributed by atoms with Gasteiger partial charge in [-0.2, -0.15) is 0 Å². The van der Waals surface area contributed by atoms with Crippen LogP contribution < -0.4 is 10.1 Å². The SMILES string of the molecule is CCOc1cccc(CNC(=NC)N2CCN(C(=O)c3ccco3)CC2)c1.I. The van der Waals surface area contributed by atoms with Crippen molar-refractivity contribution in [3.8, 4) is 5.75 Å². The van der Waals surface area contributed by atoms with Crippen molar-refractivity contribution in [1.29, 1.82) is 0 Å². The number of ether oxygens (including phenoxy) is 1. The van der Waals surface area contributed by atoms with Crippen molar-refractivity contribution in [3.63, 3.8) is 0 Å². The van der Waals surface area contributed by atoms with Gasteiger partial charge in [-0.05, 0) is 36.8 Å². The van der Waals surface area contributed by atoms with Gasteiger partial charge in [0.2, 0.25) is 0 Å². The van der Waals surface area contributed by atoms with E-state index in [0.29, 0.717) is 32.0 Å². The van der Waals surface area contributed by atoms with Gasteiger partial charge in [0.1, 0.15) is 5.75 Å². The highest BCUT2D eigenvalue weighted by Crippen LogP contribution is 2.13. The summed E-state index contributed by atoms with van der Waals surface area (Å²) in [6, 6.07) is 11.5. The number of halogens is 1. The van der Waals surface area contributed by atoms with Gasteiger partial charge in [-0.15, -0.1) is 24.0 Å². The molecule has 2 aromatic rings. The highest BCUT2D eigenvalue weighted by molar-refractivity contribution is 14.0. The minimum Gasteiger partial charge on any atom is -0.494 e. The van der Waals surface area contributed by atoms with E-state index in [1.165, 1.54) is 6.26 Å². The number of rotatable bonds is 5. The van der Waals surface area contributed by atoms with Crippen molar-refractivity contribution < 1.29 is 13.9 Å². The highest BCUT2D eigenvalue weighted by atomic mass is 127. The Morgan fingerprint density at radius 3 is 2.57 bits per heavy atom. The first kappa shape index (κ1) is 22.1. The first-order valence-corrected chi connectivity index (χ1v) is 9.21. The molecule has 2 heterocycles. The van der Waals surface area contributed by atoms with Crippen molar-refractivity contribution in [1.82, 2.24) is 15.1 Å². The number of piperazine rings is 1. The number of amides is 1. The molecule has 1 aliphatic rings. The first-order chi connectivity index (χ1) is 13.2. The normalized spacial score (nSPS) is 14.4. The maximum atomic E-state index is 12.4. The van der Waals surface area contributed by atoms with E-state index in [1.54, 1.807) is 19.2 Å². The molecule has 0 spiro atoms. The van der Waals surface area contributed by atoms with Gasteiger partial charge < -0.3 is 24.3 Å². The largest absolute Gasteiger partial charge is 0.494 e. The predicted molar refractivity (Wildman–Crippen MR) is 119 cm³/mol. The Morgan fingerprint density at radius 1 is 1.18 bits per heavy atom. The fourth-order valence-corrected chi connectivity index (χ4v) is 3.10. The van der Waals surface area contributed by atoms with Crippen LogP contribution in [0.25, 0.3) is 0 Å². The molecule has 1 aromatic carbocycles. The zero-order valence-corrected chi connectivity index (χ0v) is 18.6. The third-order valence-corrected chi connectivity index (χ3v) is 4.47. The molecule has 1 amide bonds. The van der Waals surface area contributed by atoms with Crippen molar-refractivity contribution >= 4 is 35.8 Å². The number of hydrogen-bond donors (Lipinski definition) is 1. The minimum atomic E-state index is -0.0599. The molecule has 0 unspecified atom stereocenters. The third-order valence-electron chi connectivity index (χ3n) is 4.47. The minimum absolute atomic E-state index is 0. The lowest BCUT2D eigenvalue weighted by atomic mass is 10.2. The smallest absolute Gasteiger partial charge is 0.289 e. The summed E-state index contributed by atoms with van der Waals surface area (Å²) in [4.78, 5) is 20.7. The van der Waals surface area contributed by atoms with Gasteiger partial charge in [-0.25, -0.2) is 0 Å². The number of hydrogen-bond acceptors (Lipinski definition) is 4. The second-order valence-corrected chi connectivity index (χ2v) is 6.24. The van der Waals surface area contributed by atoms with Crippen molar-refractivity contribution in [2.45, 2.75) is 13.5 Å². The van der Waals surface area contributed by atoms with Crippen LogP contribution in [0.3, 0.4) is 0 Å². The molecule has 0 saturated carbocycles. The highest BCUT2D eigenvalue weighted by Gasteiger charge is 2.25. The number of carbonyl (C=O) groups excluding carboxylic acids is 1. The topological polar surface area (TPSA) is 70.3 Å². The van der Waals surface area contributed by atoms with E-state index in [1.807, 2.05) is 30.0 Å². The predicted octanol–water partition coefficient (Wildman–Crippen LogP) is 2.83. The molecule has 3 rings (SSSR count). The van der Waals surface area contributed by atoms with Gasteiger partial charge >= 0.3 is 0 Å². The van der Waals surface area contributed by atoms with E-state index in [9.17, 15) is 4.79 Å². The van der Waals surface area contributed by atoms with E-state index < -0.39 is 0 Å². The van der Waals surface area contributed by atoms with Crippen LogP contribution in [-0.2, 0) is 6.54 Å². The Labute approximate surface area is 182 Å². The van der Waals surface area contributed by atoms with E-state index in [2.05, 4.69) is 21.3 Å². The fraction of sp³-hybridized carbons (Fsp3) is 0.400. The Balaban J connectivity index is 0.00000280. The average Bonchev–Trinajstić information content (AvgIpc) is 3.24. The zero-order chi connectivity index (χ0) is 19.1. The molecule has 152 valence electrons. The molecule has 0 bridgehead atoms. The molecule has 1 saturated heterocycles. The Kier molecular flexibility index (Phi) is 8.62. The average molecular weight is 498 g/mol. The maximum absolute atomic E-state index is 12.4. The summed E-state index contributed by atoms with van der Waals surface area (Å²) in [5.41, 5.74) is 1.13. The summed E-state index contributed by atoms with van der Waals surface area (Å²) >= 11 is 0. The number of guanidine groups is 1. The van der Waals surface area contributed by atoms with Crippen LogP contribution in [0.1, 0.15) is 23.0 Å². The van der Waals surface area contributed by atoms with Crippen LogP contribution in [0.5, 0.6) is 5.75 Å². The molecule has 8 heteroatoms.